The predicted octanol–water partition coefficient (Wildman–Crippen LogP) is 5.80. The maximum Gasteiger partial charge on any atom is 0.313 e. The summed E-state index contributed by atoms with van der Waals surface area (Å²) in [5, 5.41) is -1.43. The quantitative estimate of drug-likeness (QED) is 0.318. The van der Waals surface area contributed by atoms with E-state index < -0.39 is 17.5 Å². The summed E-state index contributed by atoms with van der Waals surface area (Å²) in [5.74, 6) is 0. The maximum absolute atomic E-state index is 17.2. The monoisotopic (exact) mass is 484 g/mol. The first-order valence-corrected chi connectivity index (χ1v) is 15.3. The van der Waals surface area contributed by atoms with E-state index in [-0.39, 0.29) is 0 Å². The molecule has 0 fully saturated rings. The lowest BCUT2D eigenvalue weighted by Crippen LogP contribution is -2.37. The molecule has 0 bridgehead atoms. The molecule has 6 heteroatoms. The van der Waals surface area contributed by atoms with Crippen molar-refractivity contribution in [2.75, 3.05) is 0 Å². The van der Waals surface area contributed by atoms with Crippen molar-refractivity contribution in [3.05, 3.63) is 121 Å². The molecule has 0 saturated heterocycles. The van der Waals surface area contributed by atoms with Gasteiger partial charge in [-0.15, -0.1) is 0 Å². The number of hydrogen-bond donors (Lipinski definition) is 0. The molecule has 31 heavy (non-hydrogen) atoms. The van der Waals surface area contributed by atoms with Gasteiger partial charge in [0.05, 0.1) is 12.1 Å². The fraction of sp³-hybridized carbons (Fsp3) is 0.0400. The highest BCUT2D eigenvalue weighted by molar-refractivity contribution is 8.33. The van der Waals surface area contributed by atoms with E-state index >= 15 is 8.78 Å². The van der Waals surface area contributed by atoms with Gasteiger partial charge in [-0.2, -0.15) is 8.78 Å². The summed E-state index contributed by atoms with van der Waals surface area (Å²) in [6.45, 7) is 0. The molecule has 0 radical (unpaired) electrons. The van der Waals surface area contributed by atoms with Crippen molar-refractivity contribution >= 4 is 56.9 Å². The Kier molecular flexibility index (Phi) is 6.37. The van der Waals surface area contributed by atoms with Gasteiger partial charge in [-0.05, 0) is 21.2 Å². The van der Waals surface area contributed by atoms with Crippen LogP contribution in [0.15, 0.2) is 121 Å². The second-order valence-corrected chi connectivity index (χ2v) is 16.3. The summed E-state index contributed by atoms with van der Waals surface area (Å²) in [4.78, 5) is 0. The van der Waals surface area contributed by atoms with Crippen molar-refractivity contribution < 1.29 is 8.78 Å². The molecular formula is C25H20F2P2S2. The lowest BCUT2D eigenvalue weighted by molar-refractivity contribution is 0.201. The van der Waals surface area contributed by atoms with E-state index in [1.54, 1.807) is 97.1 Å². The van der Waals surface area contributed by atoms with E-state index in [0.717, 1.165) is 0 Å². The fourth-order valence-corrected chi connectivity index (χ4v) is 15.0. The molecule has 4 aromatic carbocycles. The van der Waals surface area contributed by atoms with Crippen LogP contribution in [0.1, 0.15) is 0 Å². The molecule has 156 valence electrons. The molecular weight excluding hydrogens is 464 g/mol. The van der Waals surface area contributed by atoms with Crippen LogP contribution in [0.4, 0.5) is 8.78 Å². The minimum atomic E-state index is -3.63. The number of alkyl halides is 2. The molecule has 0 aliphatic carbocycles. The normalized spacial score (nSPS) is 12.5. The molecule has 0 N–H and O–H groups in total. The van der Waals surface area contributed by atoms with E-state index in [2.05, 4.69) is 0 Å². The Labute approximate surface area is 192 Å². The molecule has 0 aliphatic rings. The summed E-state index contributed by atoms with van der Waals surface area (Å²) in [6, 6.07) is 27.9. The Hall–Kier alpha value is -1.96. The average molecular weight is 485 g/mol. The average Bonchev–Trinajstić information content (AvgIpc) is 2.85. The van der Waals surface area contributed by atoms with Crippen molar-refractivity contribution in [3.8, 4) is 0 Å². The Bertz CT molecular complexity index is 1060. The SMILES string of the molecule is FC(F)(P(=S)(c1ccccc1)c1ccccc1)P(=S)(c1ccccc1)c1ccccc1. The number of benzene rings is 4. The molecule has 0 aromatic heterocycles. The van der Waals surface area contributed by atoms with Gasteiger partial charge < -0.3 is 0 Å². The molecule has 4 rings (SSSR count). The van der Waals surface area contributed by atoms with Crippen molar-refractivity contribution in [2.45, 2.75) is 5.40 Å². The molecule has 0 aliphatic heterocycles. The zero-order chi connectivity index (χ0) is 22.0. The summed E-state index contributed by atoms with van der Waals surface area (Å²) in [7, 11) is 0. The van der Waals surface area contributed by atoms with E-state index in [9.17, 15) is 0 Å². The van der Waals surface area contributed by atoms with Crippen LogP contribution in [-0.2, 0) is 23.6 Å². The molecule has 0 unspecified atom stereocenters. The Balaban J connectivity index is 2.08. The summed E-state index contributed by atoms with van der Waals surface area (Å²) in [6.07, 6.45) is 0. The maximum atomic E-state index is 17.2. The van der Waals surface area contributed by atoms with Crippen molar-refractivity contribution in [1.29, 1.82) is 0 Å². The standard InChI is InChI=1S/C25H20F2P2S2/c26-25(27,28(30,21-13-5-1-6-14-21)22-15-7-2-8-16-22)29(31,23-17-9-3-10-18-23)24-19-11-4-12-20-24/h1-20H. The molecule has 0 nitrogen and oxygen atoms in total. The molecule has 0 amide bonds. The molecule has 0 heterocycles. The van der Waals surface area contributed by atoms with Crippen molar-refractivity contribution in [2.24, 2.45) is 0 Å². The van der Waals surface area contributed by atoms with Crippen LogP contribution < -0.4 is 21.2 Å². The zero-order valence-corrected chi connectivity index (χ0v) is 19.9. The first-order valence-electron chi connectivity index (χ1n) is 9.73. The highest BCUT2D eigenvalue weighted by Crippen LogP contribution is 2.75. The summed E-state index contributed by atoms with van der Waals surface area (Å²) < 4.78 is 34.3. The first-order chi connectivity index (χ1) is 14.9. The second kappa shape index (κ2) is 8.88. The minimum Gasteiger partial charge on any atom is -0.194 e. The fourth-order valence-electron chi connectivity index (χ4n) is 3.67. The van der Waals surface area contributed by atoms with Crippen LogP contribution in [-0.4, -0.2) is 5.40 Å². The first kappa shape index (κ1) is 22.2. The van der Waals surface area contributed by atoms with Crippen LogP contribution in [0, 0.1) is 0 Å². The second-order valence-electron chi connectivity index (χ2n) is 7.07. The lowest BCUT2D eigenvalue weighted by Gasteiger charge is -2.40. The van der Waals surface area contributed by atoms with Gasteiger partial charge in [-0.1, -0.05) is 145 Å². The highest BCUT2D eigenvalue weighted by Gasteiger charge is 2.58. The van der Waals surface area contributed by atoms with E-state index in [4.69, 9.17) is 23.6 Å². The van der Waals surface area contributed by atoms with Crippen LogP contribution in [0.2, 0.25) is 0 Å². The van der Waals surface area contributed by atoms with Gasteiger partial charge in [0.15, 0.2) is 0 Å². The Morgan fingerprint density at radius 1 is 0.419 bits per heavy atom. The highest BCUT2D eigenvalue weighted by atomic mass is 32.5. The third-order valence-corrected chi connectivity index (χ3v) is 17.4. The van der Waals surface area contributed by atoms with Crippen LogP contribution >= 0.6 is 12.1 Å². The van der Waals surface area contributed by atoms with Crippen LogP contribution in [0.3, 0.4) is 0 Å². The third kappa shape index (κ3) is 3.66. The van der Waals surface area contributed by atoms with Gasteiger partial charge in [0.2, 0.25) is 0 Å². The van der Waals surface area contributed by atoms with Gasteiger partial charge >= 0.3 is 5.40 Å². The topological polar surface area (TPSA) is 0 Å². The van der Waals surface area contributed by atoms with Gasteiger partial charge in [0.1, 0.15) is 0 Å². The van der Waals surface area contributed by atoms with Crippen LogP contribution in [0.5, 0.6) is 0 Å². The van der Waals surface area contributed by atoms with Crippen molar-refractivity contribution in [1.82, 2.24) is 0 Å². The number of rotatable bonds is 6. The molecule has 0 atom stereocenters. The van der Waals surface area contributed by atoms with Gasteiger partial charge in [-0.25, -0.2) is 0 Å². The largest absolute Gasteiger partial charge is 0.313 e. The summed E-state index contributed by atoms with van der Waals surface area (Å²) in [5.41, 5.74) is 0. The van der Waals surface area contributed by atoms with E-state index in [0.29, 0.717) is 21.2 Å². The van der Waals surface area contributed by atoms with Crippen LogP contribution in [0.25, 0.3) is 0 Å². The summed E-state index contributed by atoms with van der Waals surface area (Å²) >= 11 is 12.1. The smallest absolute Gasteiger partial charge is 0.194 e. The lowest BCUT2D eigenvalue weighted by atomic mass is 10.4. The zero-order valence-electron chi connectivity index (χ0n) is 16.5. The minimum absolute atomic E-state index is 0.474. The van der Waals surface area contributed by atoms with Crippen molar-refractivity contribution in [3.63, 3.8) is 0 Å². The number of halogens is 2. The molecule has 4 aromatic rings. The number of hydrogen-bond acceptors (Lipinski definition) is 2. The Morgan fingerprint density at radius 3 is 0.806 bits per heavy atom. The predicted molar refractivity (Wildman–Crippen MR) is 138 cm³/mol. The van der Waals surface area contributed by atoms with Gasteiger partial charge in [-0.3, -0.25) is 0 Å². The Morgan fingerprint density at radius 2 is 0.613 bits per heavy atom. The third-order valence-electron chi connectivity index (χ3n) is 5.24. The van der Waals surface area contributed by atoms with Gasteiger partial charge in [0.25, 0.3) is 0 Å². The molecule has 0 spiro atoms. The van der Waals surface area contributed by atoms with E-state index in [1.165, 1.54) is 0 Å². The molecule has 0 saturated carbocycles. The van der Waals surface area contributed by atoms with Gasteiger partial charge in [0, 0.05) is 0 Å². The van der Waals surface area contributed by atoms with E-state index in [1.807, 2.05) is 24.3 Å².